The number of aryl methyl sites for hydroxylation is 1. The second kappa shape index (κ2) is 8.03. The number of rotatable bonds is 6. The molecule has 30 heavy (non-hydrogen) atoms. The van der Waals surface area contributed by atoms with Gasteiger partial charge >= 0.3 is 12.2 Å². The zero-order chi connectivity index (χ0) is 21.5. The Balaban J connectivity index is 1.68. The molecule has 0 bridgehead atoms. The van der Waals surface area contributed by atoms with Crippen LogP contribution in [0.3, 0.4) is 0 Å². The molecule has 0 saturated heterocycles. The summed E-state index contributed by atoms with van der Waals surface area (Å²) in [5, 5.41) is 10.1. The maximum atomic E-state index is 13.0. The first-order valence-corrected chi connectivity index (χ1v) is 10.5. The molecular formula is C19H22F3N5O2S. The minimum atomic E-state index is -4.47. The molecule has 0 aliphatic carbocycles. The van der Waals surface area contributed by atoms with E-state index in [-0.39, 0.29) is 31.7 Å². The van der Waals surface area contributed by atoms with Crippen molar-refractivity contribution in [3.05, 3.63) is 28.7 Å². The molecule has 1 atom stereocenters. The Kier molecular flexibility index (Phi) is 5.58. The maximum Gasteiger partial charge on any atom is 0.434 e. The third-order valence-electron chi connectivity index (χ3n) is 4.95. The van der Waals surface area contributed by atoms with Crippen LogP contribution in [0.4, 0.5) is 19.0 Å². The highest BCUT2D eigenvalue weighted by atomic mass is 32.1. The van der Waals surface area contributed by atoms with Gasteiger partial charge in [-0.1, -0.05) is 13.8 Å². The van der Waals surface area contributed by atoms with Crippen molar-refractivity contribution >= 4 is 27.4 Å². The summed E-state index contributed by atoms with van der Waals surface area (Å²) in [5.74, 6) is 0.915. The molecule has 1 aliphatic heterocycles. The van der Waals surface area contributed by atoms with E-state index in [2.05, 4.69) is 21.9 Å². The SMILES string of the molecule is CCc1cc2c(N3CCn4cc(C(F)(F)F)nc4C3)nc(OCC(C)CO)nc2s1. The summed E-state index contributed by atoms with van der Waals surface area (Å²) in [6, 6.07) is 2.23. The van der Waals surface area contributed by atoms with Gasteiger partial charge in [-0.3, -0.25) is 0 Å². The van der Waals surface area contributed by atoms with Gasteiger partial charge in [-0.25, -0.2) is 4.98 Å². The molecule has 1 unspecified atom stereocenters. The van der Waals surface area contributed by atoms with Crippen LogP contribution in [0.5, 0.6) is 6.01 Å². The molecule has 0 fully saturated rings. The molecule has 0 saturated carbocycles. The van der Waals surface area contributed by atoms with Crippen molar-refractivity contribution in [3.63, 3.8) is 0 Å². The van der Waals surface area contributed by atoms with Gasteiger partial charge in [-0.15, -0.1) is 11.3 Å². The van der Waals surface area contributed by atoms with Gasteiger partial charge in [0.1, 0.15) is 16.5 Å². The average molecular weight is 441 g/mol. The van der Waals surface area contributed by atoms with E-state index in [0.29, 0.717) is 24.7 Å². The summed E-state index contributed by atoms with van der Waals surface area (Å²) in [5.41, 5.74) is -0.877. The van der Waals surface area contributed by atoms with Crippen LogP contribution in [-0.4, -0.2) is 44.4 Å². The Morgan fingerprint density at radius 1 is 1.27 bits per heavy atom. The number of thiophene rings is 1. The van der Waals surface area contributed by atoms with Crippen LogP contribution in [0.1, 0.15) is 30.2 Å². The standard InChI is InChI=1S/C19H22F3N5O2S/c1-3-12-6-13-16(24-18(25-17(13)30-12)29-10-11(2)9-28)27-5-4-26-7-14(19(20,21)22)23-15(26)8-27/h6-7,11,28H,3-5,8-10H2,1-2H3. The van der Waals surface area contributed by atoms with Gasteiger partial charge in [-0.2, -0.15) is 23.1 Å². The van der Waals surface area contributed by atoms with Crippen LogP contribution in [0, 0.1) is 5.92 Å². The van der Waals surface area contributed by atoms with E-state index in [1.165, 1.54) is 0 Å². The summed E-state index contributed by atoms with van der Waals surface area (Å²) in [6.45, 7) is 5.25. The molecule has 4 rings (SSSR count). The molecule has 0 amide bonds. The number of anilines is 1. The number of aromatic nitrogens is 4. The number of halogens is 3. The van der Waals surface area contributed by atoms with E-state index in [1.807, 2.05) is 17.9 Å². The van der Waals surface area contributed by atoms with Crippen molar-refractivity contribution in [2.75, 3.05) is 24.7 Å². The average Bonchev–Trinajstić information content (AvgIpc) is 3.34. The topological polar surface area (TPSA) is 76.3 Å². The second-order valence-corrected chi connectivity index (χ2v) is 8.48. The fraction of sp³-hybridized carbons (Fsp3) is 0.526. The smallest absolute Gasteiger partial charge is 0.434 e. The third kappa shape index (κ3) is 4.08. The number of imidazole rings is 1. The number of ether oxygens (including phenoxy) is 1. The van der Waals surface area contributed by atoms with Gasteiger partial charge in [0.2, 0.25) is 0 Å². The van der Waals surface area contributed by atoms with Crippen molar-refractivity contribution in [1.29, 1.82) is 0 Å². The van der Waals surface area contributed by atoms with Crippen molar-refractivity contribution in [2.45, 2.75) is 39.5 Å². The molecule has 162 valence electrons. The first-order chi connectivity index (χ1) is 14.3. The molecule has 0 aromatic carbocycles. The Labute approximate surface area is 175 Å². The Bertz CT molecular complexity index is 1050. The van der Waals surface area contributed by atoms with Crippen molar-refractivity contribution in [2.24, 2.45) is 5.92 Å². The molecule has 1 aliphatic rings. The van der Waals surface area contributed by atoms with E-state index >= 15 is 0 Å². The zero-order valence-electron chi connectivity index (χ0n) is 16.6. The van der Waals surface area contributed by atoms with E-state index in [0.717, 1.165) is 27.7 Å². The van der Waals surface area contributed by atoms with Crippen LogP contribution in [0.15, 0.2) is 12.3 Å². The van der Waals surface area contributed by atoms with E-state index in [4.69, 9.17) is 4.74 Å². The van der Waals surface area contributed by atoms with Gasteiger partial charge in [0, 0.05) is 36.7 Å². The van der Waals surface area contributed by atoms with Gasteiger partial charge in [-0.05, 0) is 12.5 Å². The van der Waals surface area contributed by atoms with E-state index < -0.39 is 11.9 Å². The molecular weight excluding hydrogens is 419 g/mol. The first-order valence-electron chi connectivity index (χ1n) is 9.70. The predicted octanol–water partition coefficient (Wildman–Crippen LogP) is 3.50. The van der Waals surface area contributed by atoms with E-state index in [1.54, 1.807) is 15.9 Å². The summed E-state index contributed by atoms with van der Waals surface area (Å²) in [6.07, 6.45) is -2.56. The van der Waals surface area contributed by atoms with Crippen molar-refractivity contribution in [3.8, 4) is 6.01 Å². The number of nitrogens with zero attached hydrogens (tertiary/aromatic N) is 5. The zero-order valence-corrected chi connectivity index (χ0v) is 17.4. The number of hydrogen-bond donors (Lipinski definition) is 1. The van der Waals surface area contributed by atoms with Gasteiger partial charge in [0.25, 0.3) is 0 Å². The number of hydrogen-bond acceptors (Lipinski definition) is 7. The lowest BCUT2D eigenvalue weighted by Gasteiger charge is -2.29. The summed E-state index contributed by atoms with van der Waals surface area (Å²) >= 11 is 1.55. The molecule has 11 heteroatoms. The van der Waals surface area contributed by atoms with Crippen LogP contribution < -0.4 is 9.64 Å². The van der Waals surface area contributed by atoms with Gasteiger partial charge in [0.05, 0.1) is 18.5 Å². The van der Waals surface area contributed by atoms with Crippen molar-refractivity contribution < 1.29 is 23.0 Å². The monoisotopic (exact) mass is 441 g/mol. The first kappa shape index (κ1) is 20.9. The maximum absolute atomic E-state index is 13.0. The lowest BCUT2D eigenvalue weighted by molar-refractivity contribution is -0.141. The summed E-state index contributed by atoms with van der Waals surface area (Å²) in [4.78, 5) is 16.7. The van der Waals surface area contributed by atoms with Crippen LogP contribution in [-0.2, 0) is 25.7 Å². The number of alkyl halides is 3. The molecule has 1 N–H and O–H groups in total. The highest BCUT2D eigenvalue weighted by Crippen LogP contribution is 2.35. The number of aliphatic hydroxyl groups is 1. The lowest BCUT2D eigenvalue weighted by Crippen LogP contribution is -2.34. The molecule has 4 heterocycles. The third-order valence-corrected chi connectivity index (χ3v) is 6.13. The normalized spacial score (nSPS) is 15.5. The summed E-state index contributed by atoms with van der Waals surface area (Å²) < 4.78 is 46.3. The molecule has 3 aromatic heterocycles. The Morgan fingerprint density at radius 3 is 2.77 bits per heavy atom. The van der Waals surface area contributed by atoms with E-state index in [9.17, 15) is 18.3 Å². The quantitative estimate of drug-likeness (QED) is 0.631. The van der Waals surface area contributed by atoms with Crippen LogP contribution in [0.2, 0.25) is 0 Å². The second-order valence-electron chi connectivity index (χ2n) is 7.37. The lowest BCUT2D eigenvalue weighted by atomic mass is 10.2. The number of aliphatic hydroxyl groups excluding tert-OH is 1. The fourth-order valence-electron chi connectivity index (χ4n) is 3.26. The van der Waals surface area contributed by atoms with Crippen LogP contribution in [0.25, 0.3) is 10.2 Å². The molecule has 0 spiro atoms. The summed E-state index contributed by atoms with van der Waals surface area (Å²) in [7, 11) is 0. The highest BCUT2D eigenvalue weighted by Gasteiger charge is 2.36. The van der Waals surface area contributed by atoms with Gasteiger partial charge < -0.3 is 19.3 Å². The van der Waals surface area contributed by atoms with Crippen molar-refractivity contribution in [1.82, 2.24) is 19.5 Å². The van der Waals surface area contributed by atoms with Gasteiger partial charge in [0.15, 0.2) is 5.69 Å². The molecule has 0 radical (unpaired) electrons. The largest absolute Gasteiger partial charge is 0.463 e. The highest BCUT2D eigenvalue weighted by molar-refractivity contribution is 7.18. The van der Waals surface area contributed by atoms with Crippen LogP contribution >= 0.6 is 11.3 Å². The predicted molar refractivity (Wildman–Crippen MR) is 107 cm³/mol. The minimum absolute atomic E-state index is 0.00952. The molecule has 3 aromatic rings. The Hall–Kier alpha value is -2.40. The molecule has 7 nitrogen and oxygen atoms in total. The fourth-order valence-corrected chi connectivity index (χ4v) is 4.21. The Morgan fingerprint density at radius 2 is 2.07 bits per heavy atom. The number of fused-ring (bicyclic) bond motifs is 2. The minimum Gasteiger partial charge on any atom is -0.463 e.